The minimum atomic E-state index is -0.210. The quantitative estimate of drug-likeness (QED) is 0.781. The molecule has 0 aliphatic carbocycles. The highest BCUT2D eigenvalue weighted by molar-refractivity contribution is 5.75. The molecule has 0 aliphatic rings. The summed E-state index contributed by atoms with van der Waals surface area (Å²) in [6, 6.07) is 6.61. The standard InChI is InChI=1S/C11H14FNO/c1-2-11(14)13-8-7-9-5-3-4-6-10(9)12/h3-6H,2,7-8H2,1H3,(H,13,14). The molecule has 1 rings (SSSR count). The predicted octanol–water partition coefficient (Wildman–Crippen LogP) is 1.89. The molecule has 2 nitrogen and oxygen atoms in total. The van der Waals surface area contributed by atoms with Gasteiger partial charge in [-0.2, -0.15) is 0 Å². The van der Waals surface area contributed by atoms with Crippen LogP contribution < -0.4 is 5.32 Å². The third kappa shape index (κ3) is 3.17. The van der Waals surface area contributed by atoms with E-state index < -0.39 is 0 Å². The lowest BCUT2D eigenvalue weighted by atomic mass is 10.1. The van der Waals surface area contributed by atoms with Gasteiger partial charge in [0.05, 0.1) is 0 Å². The Balaban J connectivity index is 2.39. The fourth-order valence-corrected chi connectivity index (χ4v) is 1.16. The van der Waals surface area contributed by atoms with E-state index in [0.29, 0.717) is 24.9 Å². The first-order valence-corrected chi connectivity index (χ1v) is 4.74. The topological polar surface area (TPSA) is 29.1 Å². The van der Waals surface area contributed by atoms with Gasteiger partial charge in [0, 0.05) is 13.0 Å². The Kier molecular flexibility index (Phi) is 4.11. The molecule has 14 heavy (non-hydrogen) atoms. The number of nitrogens with one attached hydrogen (secondary N) is 1. The highest BCUT2D eigenvalue weighted by atomic mass is 19.1. The van der Waals surface area contributed by atoms with Gasteiger partial charge in [0.25, 0.3) is 0 Å². The molecule has 76 valence electrons. The van der Waals surface area contributed by atoms with E-state index in [2.05, 4.69) is 5.32 Å². The predicted molar refractivity (Wildman–Crippen MR) is 53.4 cm³/mol. The van der Waals surface area contributed by atoms with E-state index >= 15 is 0 Å². The molecule has 0 bridgehead atoms. The minimum absolute atomic E-state index is 0.00124. The maximum Gasteiger partial charge on any atom is 0.219 e. The van der Waals surface area contributed by atoms with Crippen LogP contribution in [0.15, 0.2) is 24.3 Å². The van der Waals surface area contributed by atoms with Gasteiger partial charge in [0.15, 0.2) is 0 Å². The lowest BCUT2D eigenvalue weighted by Crippen LogP contribution is -2.24. The molecule has 0 heterocycles. The van der Waals surface area contributed by atoms with E-state index in [-0.39, 0.29) is 11.7 Å². The molecule has 1 N–H and O–H groups in total. The highest BCUT2D eigenvalue weighted by Gasteiger charge is 2.00. The minimum Gasteiger partial charge on any atom is -0.356 e. The second kappa shape index (κ2) is 5.37. The Hall–Kier alpha value is -1.38. The molecule has 0 saturated carbocycles. The highest BCUT2D eigenvalue weighted by Crippen LogP contribution is 2.05. The van der Waals surface area contributed by atoms with Crippen LogP contribution in [0.25, 0.3) is 0 Å². The van der Waals surface area contributed by atoms with Gasteiger partial charge in [0.2, 0.25) is 5.91 Å². The molecule has 0 aliphatic heterocycles. The molecule has 0 spiro atoms. The van der Waals surface area contributed by atoms with Crippen LogP contribution in [-0.4, -0.2) is 12.5 Å². The smallest absolute Gasteiger partial charge is 0.219 e. The van der Waals surface area contributed by atoms with Crippen molar-refractivity contribution in [1.82, 2.24) is 5.32 Å². The average molecular weight is 195 g/mol. The van der Waals surface area contributed by atoms with Crippen LogP contribution in [-0.2, 0) is 11.2 Å². The van der Waals surface area contributed by atoms with Gasteiger partial charge < -0.3 is 5.32 Å². The summed E-state index contributed by atoms with van der Waals surface area (Å²) in [6.07, 6.45) is 1.01. The summed E-state index contributed by atoms with van der Waals surface area (Å²) >= 11 is 0. The zero-order chi connectivity index (χ0) is 10.4. The van der Waals surface area contributed by atoms with Crippen molar-refractivity contribution in [2.45, 2.75) is 19.8 Å². The van der Waals surface area contributed by atoms with E-state index in [1.807, 2.05) is 0 Å². The van der Waals surface area contributed by atoms with Crippen molar-refractivity contribution in [3.05, 3.63) is 35.6 Å². The van der Waals surface area contributed by atoms with Gasteiger partial charge in [-0.15, -0.1) is 0 Å². The molecule has 1 amide bonds. The first-order chi connectivity index (χ1) is 6.74. The zero-order valence-corrected chi connectivity index (χ0v) is 8.22. The summed E-state index contributed by atoms with van der Waals surface area (Å²) in [5.74, 6) is -0.209. The molecule has 1 aromatic carbocycles. The maximum absolute atomic E-state index is 13.1. The number of hydrogen-bond donors (Lipinski definition) is 1. The number of halogens is 1. The Bertz CT molecular complexity index is 312. The van der Waals surface area contributed by atoms with Crippen molar-refractivity contribution in [3.8, 4) is 0 Å². The number of benzene rings is 1. The van der Waals surface area contributed by atoms with Crippen LogP contribution in [0, 0.1) is 5.82 Å². The summed E-state index contributed by atoms with van der Waals surface area (Å²) in [4.78, 5) is 10.9. The number of hydrogen-bond acceptors (Lipinski definition) is 1. The largest absolute Gasteiger partial charge is 0.356 e. The zero-order valence-electron chi connectivity index (χ0n) is 8.22. The van der Waals surface area contributed by atoms with Crippen LogP contribution in [0.1, 0.15) is 18.9 Å². The fourth-order valence-electron chi connectivity index (χ4n) is 1.16. The summed E-state index contributed by atoms with van der Waals surface area (Å²) in [6.45, 7) is 2.28. The molecule has 0 atom stereocenters. The molecule has 0 fully saturated rings. The SMILES string of the molecule is CCC(=O)NCCc1ccccc1F. The number of carbonyl (C=O) groups is 1. The van der Waals surface area contributed by atoms with Crippen LogP contribution in [0.5, 0.6) is 0 Å². The Morgan fingerprint density at radius 2 is 2.14 bits per heavy atom. The molecule has 0 saturated heterocycles. The second-order valence-electron chi connectivity index (χ2n) is 3.04. The van der Waals surface area contributed by atoms with Crippen molar-refractivity contribution in [1.29, 1.82) is 0 Å². The lowest BCUT2D eigenvalue weighted by Gasteiger charge is -2.04. The van der Waals surface area contributed by atoms with Crippen LogP contribution in [0.3, 0.4) is 0 Å². The molecule has 0 aromatic heterocycles. The van der Waals surface area contributed by atoms with Crippen molar-refractivity contribution in [3.63, 3.8) is 0 Å². The Morgan fingerprint density at radius 3 is 2.79 bits per heavy atom. The van der Waals surface area contributed by atoms with Crippen molar-refractivity contribution < 1.29 is 9.18 Å². The number of amides is 1. The van der Waals surface area contributed by atoms with E-state index in [1.165, 1.54) is 6.07 Å². The van der Waals surface area contributed by atoms with Gasteiger partial charge in [-0.25, -0.2) is 4.39 Å². The van der Waals surface area contributed by atoms with E-state index in [1.54, 1.807) is 25.1 Å². The van der Waals surface area contributed by atoms with Crippen LogP contribution in [0.4, 0.5) is 4.39 Å². The van der Waals surface area contributed by atoms with E-state index in [4.69, 9.17) is 0 Å². The van der Waals surface area contributed by atoms with Gasteiger partial charge in [-0.3, -0.25) is 4.79 Å². The summed E-state index contributed by atoms with van der Waals surface area (Å²) in [7, 11) is 0. The first-order valence-electron chi connectivity index (χ1n) is 4.74. The van der Waals surface area contributed by atoms with Crippen LogP contribution in [0.2, 0.25) is 0 Å². The molecular weight excluding hydrogens is 181 g/mol. The van der Waals surface area contributed by atoms with Crippen molar-refractivity contribution in [2.75, 3.05) is 6.54 Å². The van der Waals surface area contributed by atoms with Gasteiger partial charge in [-0.1, -0.05) is 25.1 Å². The average Bonchev–Trinajstić information content (AvgIpc) is 2.20. The monoisotopic (exact) mass is 195 g/mol. The molecule has 3 heteroatoms. The third-order valence-electron chi connectivity index (χ3n) is 2.00. The third-order valence-corrected chi connectivity index (χ3v) is 2.00. The van der Waals surface area contributed by atoms with Crippen LogP contribution >= 0.6 is 0 Å². The lowest BCUT2D eigenvalue weighted by molar-refractivity contribution is -0.120. The maximum atomic E-state index is 13.1. The number of carbonyl (C=O) groups excluding carboxylic acids is 1. The summed E-state index contributed by atoms with van der Waals surface area (Å²) in [5.41, 5.74) is 0.643. The molecule has 1 aromatic rings. The van der Waals surface area contributed by atoms with Crippen molar-refractivity contribution >= 4 is 5.91 Å². The second-order valence-corrected chi connectivity index (χ2v) is 3.04. The van der Waals surface area contributed by atoms with Gasteiger partial charge >= 0.3 is 0 Å². The Morgan fingerprint density at radius 1 is 1.43 bits per heavy atom. The van der Waals surface area contributed by atoms with Gasteiger partial charge in [0.1, 0.15) is 5.82 Å². The Labute approximate surface area is 83.1 Å². The van der Waals surface area contributed by atoms with Crippen molar-refractivity contribution in [2.24, 2.45) is 0 Å². The molecule has 0 unspecified atom stereocenters. The van der Waals surface area contributed by atoms with E-state index in [9.17, 15) is 9.18 Å². The molecular formula is C11H14FNO. The first kappa shape index (κ1) is 10.7. The van der Waals surface area contributed by atoms with Gasteiger partial charge in [-0.05, 0) is 18.1 Å². The van der Waals surface area contributed by atoms with E-state index in [0.717, 1.165) is 0 Å². The summed E-state index contributed by atoms with van der Waals surface area (Å²) in [5, 5.41) is 2.70. The summed E-state index contributed by atoms with van der Waals surface area (Å²) < 4.78 is 13.1. The fraction of sp³-hybridized carbons (Fsp3) is 0.364. The molecule has 0 radical (unpaired) electrons. The number of rotatable bonds is 4. The normalized spacial score (nSPS) is 9.86.